The molecule has 3 aromatic heterocycles. The molecule has 47 heavy (non-hydrogen) atoms. The molecule has 8 rings (SSSR count). The second-order valence-corrected chi connectivity index (χ2v) is 12.8. The Labute approximate surface area is 273 Å². The van der Waals surface area contributed by atoms with E-state index in [0.717, 1.165) is 91.2 Å². The van der Waals surface area contributed by atoms with Crippen LogP contribution >= 0.6 is 0 Å². The molecule has 0 bridgehead atoms. The van der Waals surface area contributed by atoms with E-state index in [4.69, 9.17) is 15.7 Å². The smallest absolute Gasteiger partial charge is 0.165 e. The van der Waals surface area contributed by atoms with Gasteiger partial charge in [0.25, 0.3) is 0 Å². The van der Waals surface area contributed by atoms with Crippen LogP contribution in [0.5, 0.6) is 5.75 Å². The minimum Gasteiger partial charge on any atom is -0.507 e. The summed E-state index contributed by atoms with van der Waals surface area (Å²) in [7, 11) is 0. The molecule has 1 spiro atoms. The number of nitrogens with zero attached hydrogens (tertiary/aromatic N) is 6. The number of aromatic hydroxyl groups is 1. The summed E-state index contributed by atoms with van der Waals surface area (Å²) in [5.74, 6) is 1.16. The molecule has 5 heterocycles. The molecule has 3 N–H and O–H groups in total. The molecular formula is C38H35N7O2. The zero-order chi connectivity index (χ0) is 32.0. The van der Waals surface area contributed by atoms with Crippen LogP contribution in [0.4, 0.5) is 11.5 Å². The van der Waals surface area contributed by atoms with Crippen molar-refractivity contribution in [2.75, 3.05) is 36.8 Å². The molecule has 0 radical (unpaired) electrons. The van der Waals surface area contributed by atoms with E-state index in [1.54, 1.807) is 18.3 Å². The van der Waals surface area contributed by atoms with Crippen LogP contribution in [0.3, 0.4) is 0 Å². The Morgan fingerprint density at radius 3 is 2.47 bits per heavy atom. The van der Waals surface area contributed by atoms with Crippen molar-refractivity contribution in [1.29, 1.82) is 0 Å². The van der Waals surface area contributed by atoms with Crippen LogP contribution in [0.25, 0.3) is 39.5 Å². The normalized spacial score (nSPS) is 18.0. The van der Waals surface area contributed by atoms with Crippen LogP contribution in [0.1, 0.15) is 28.8 Å². The molecule has 2 aliphatic heterocycles. The molecule has 6 aromatic rings. The van der Waals surface area contributed by atoms with Gasteiger partial charge in [-0.05, 0) is 79.5 Å². The number of hydrogen-bond donors (Lipinski definition) is 2. The lowest BCUT2D eigenvalue weighted by atomic mass is 9.86. The van der Waals surface area contributed by atoms with E-state index in [-0.39, 0.29) is 11.2 Å². The number of aromatic nitrogens is 4. The molecule has 9 heteroatoms. The first-order chi connectivity index (χ1) is 23.0. The quantitative estimate of drug-likeness (QED) is 0.198. The van der Waals surface area contributed by atoms with Gasteiger partial charge in [-0.25, -0.2) is 15.0 Å². The highest BCUT2D eigenvalue weighted by Crippen LogP contribution is 2.42. The Morgan fingerprint density at radius 2 is 1.66 bits per heavy atom. The summed E-state index contributed by atoms with van der Waals surface area (Å²) in [6.45, 7) is 4.87. The fraction of sp³-hybridized carbons (Fsp3) is 0.211. The van der Waals surface area contributed by atoms with Crippen LogP contribution in [-0.2, 0) is 6.54 Å². The van der Waals surface area contributed by atoms with Gasteiger partial charge >= 0.3 is 0 Å². The van der Waals surface area contributed by atoms with Gasteiger partial charge < -0.3 is 15.7 Å². The molecule has 3 aromatic carbocycles. The molecule has 2 aliphatic rings. The summed E-state index contributed by atoms with van der Waals surface area (Å²) < 4.78 is 2.08. The number of phenols is 1. The molecule has 1 atom stereocenters. The molecule has 234 valence electrons. The number of benzene rings is 3. The largest absolute Gasteiger partial charge is 0.507 e. The average molecular weight is 622 g/mol. The lowest BCUT2D eigenvalue weighted by Gasteiger charge is -2.26. The van der Waals surface area contributed by atoms with E-state index < -0.39 is 0 Å². The number of fused-ring (bicyclic) bond motifs is 1. The molecule has 0 aliphatic carbocycles. The Balaban J connectivity index is 1.05. The minimum absolute atomic E-state index is 0.0302. The number of nitrogen functional groups attached to an aromatic ring is 1. The number of nitrogens with two attached hydrogens (primary N) is 1. The van der Waals surface area contributed by atoms with Crippen LogP contribution in [0.2, 0.25) is 0 Å². The van der Waals surface area contributed by atoms with E-state index in [1.807, 2.05) is 48.5 Å². The summed E-state index contributed by atoms with van der Waals surface area (Å²) in [4.78, 5) is 30.7. The van der Waals surface area contributed by atoms with E-state index in [9.17, 15) is 9.90 Å². The third-order valence-corrected chi connectivity index (χ3v) is 9.71. The predicted molar refractivity (Wildman–Crippen MR) is 185 cm³/mol. The molecule has 2 saturated heterocycles. The second-order valence-electron chi connectivity index (χ2n) is 12.8. The fourth-order valence-electron chi connectivity index (χ4n) is 7.25. The zero-order valence-electron chi connectivity index (χ0n) is 26.0. The van der Waals surface area contributed by atoms with Gasteiger partial charge in [0.05, 0.1) is 16.8 Å². The first kappa shape index (κ1) is 28.9. The number of hydrogen-bond acceptors (Lipinski definition) is 8. The number of carbonyl (C=O) groups is 1. The van der Waals surface area contributed by atoms with Crippen molar-refractivity contribution in [3.8, 4) is 34.1 Å². The minimum atomic E-state index is 0.0302. The lowest BCUT2D eigenvalue weighted by Crippen LogP contribution is -2.30. The van der Waals surface area contributed by atoms with Crippen molar-refractivity contribution in [2.24, 2.45) is 5.41 Å². The lowest BCUT2D eigenvalue weighted by molar-refractivity contribution is 0.112. The maximum Gasteiger partial charge on any atom is 0.165 e. The highest BCUT2D eigenvalue weighted by atomic mass is 16.3. The number of anilines is 2. The van der Waals surface area contributed by atoms with Crippen LogP contribution in [-0.4, -0.2) is 62.0 Å². The number of carbonyl (C=O) groups excluding carboxylic acids is 1. The molecule has 0 saturated carbocycles. The standard InChI is InChI=1S/C38H35N7O2/c39-35-31(7-4-18-40-35)36-42-33-14-13-32(27-5-2-1-3-6-27)41-37(33)45(36)29-10-8-26(9-11-29)22-43-19-16-38(24-43)17-20-44(25-38)30-12-15-34(47)28(21-30)23-46/h1-15,18,21,23,47H,16-17,19-20,22,24-25H2,(H2,39,40). The first-order valence-corrected chi connectivity index (χ1v) is 16.0. The molecular weight excluding hydrogens is 586 g/mol. The van der Waals surface area contributed by atoms with Gasteiger partial charge in [0, 0.05) is 54.7 Å². The molecule has 0 amide bonds. The maximum absolute atomic E-state index is 11.4. The monoisotopic (exact) mass is 621 g/mol. The van der Waals surface area contributed by atoms with Crippen LogP contribution in [0.15, 0.2) is 103 Å². The number of phenolic OH excluding ortho intramolecular Hbond substituents is 1. The van der Waals surface area contributed by atoms with Gasteiger partial charge in [0.1, 0.15) is 17.1 Å². The third kappa shape index (κ3) is 5.38. The second kappa shape index (κ2) is 11.7. The third-order valence-electron chi connectivity index (χ3n) is 9.71. The number of pyridine rings is 2. The first-order valence-electron chi connectivity index (χ1n) is 16.0. The number of aldehydes is 1. The summed E-state index contributed by atoms with van der Waals surface area (Å²) >= 11 is 0. The number of imidazole rings is 1. The van der Waals surface area contributed by atoms with Crippen molar-refractivity contribution in [1.82, 2.24) is 24.4 Å². The summed E-state index contributed by atoms with van der Waals surface area (Å²) in [6.07, 6.45) is 4.67. The van der Waals surface area contributed by atoms with Crippen molar-refractivity contribution in [3.05, 3.63) is 114 Å². The van der Waals surface area contributed by atoms with Crippen molar-refractivity contribution in [2.45, 2.75) is 19.4 Å². The summed E-state index contributed by atoms with van der Waals surface area (Å²) in [5, 5.41) is 9.93. The van der Waals surface area contributed by atoms with E-state index in [2.05, 4.69) is 55.7 Å². The maximum atomic E-state index is 11.4. The van der Waals surface area contributed by atoms with Gasteiger partial charge in [0.2, 0.25) is 0 Å². The zero-order valence-corrected chi connectivity index (χ0v) is 26.0. The Bertz CT molecular complexity index is 2090. The summed E-state index contributed by atoms with van der Waals surface area (Å²) in [6, 6.07) is 32.0. The van der Waals surface area contributed by atoms with Crippen LogP contribution < -0.4 is 10.6 Å². The predicted octanol–water partition coefficient (Wildman–Crippen LogP) is 6.35. The molecule has 1 unspecified atom stereocenters. The topological polar surface area (TPSA) is 113 Å². The van der Waals surface area contributed by atoms with E-state index in [0.29, 0.717) is 17.2 Å². The SMILES string of the molecule is Nc1ncccc1-c1nc2ccc(-c3ccccc3)nc2n1-c1ccc(CN2CCC3(CCN(c4ccc(O)c(C=O)c4)C3)C2)cc1. The van der Waals surface area contributed by atoms with Crippen molar-refractivity contribution >= 4 is 29.0 Å². The highest BCUT2D eigenvalue weighted by molar-refractivity contribution is 5.84. The molecule has 9 nitrogen and oxygen atoms in total. The fourth-order valence-corrected chi connectivity index (χ4v) is 7.25. The van der Waals surface area contributed by atoms with E-state index >= 15 is 0 Å². The van der Waals surface area contributed by atoms with Crippen LogP contribution in [0, 0.1) is 5.41 Å². The van der Waals surface area contributed by atoms with Crippen molar-refractivity contribution in [3.63, 3.8) is 0 Å². The molecule has 2 fully saturated rings. The van der Waals surface area contributed by atoms with Gasteiger partial charge in [-0.3, -0.25) is 14.3 Å². The number of likely N-dealkylation sites (tertiary alicyclic amines) is 1. The Morgan fingerprint density at radius 1 is 0.851 bits per heavy atom. The highest BCUT2D eigenvalue weighted by Gasteiger charge is 2.43. The van der Waals surface area contributed by atoms with E-state index in [1.165, 1.54) is 5.56 Å². The van der Waals surface area contributed by atoms with Gasteiger partial charge in [-0.2, -0.15) is 0 Å². The average Bonchev–Trinajstić information content (AvgIpc) is 3.82. The summed E-state index contributed by atoms with van der Waals surface area (Å²) in [5.41, 5.74) is 14.4. The Kier molecular flexibility index (Phi) is 7.18. The Hall–Kier alpha value is -5.54. The van der Waals surface area contributed by atoms with Gasteiger partial charge in [-0.1, -0.05) is 42.5 Å². The van der Waals surface area contributed by atoms with Crippen molar-refractivity contribution < 1.29 is 9.90 Å². The van der Waals surface area contributed by atoms with Gasteiger partial charge in [-0.15, -0.1) is 0 Å². The van der Waals surface area contributed by atoms with Gasteiger partial charge in [0.15, 0.2) is 17.8 Å². The number of rotatable bonds is 7.